The number of likely N-dealkylation sites (N-methyl/N-ethyl adjacent to an activating group) is 2. The van der Waals surface area contributed by atoms with Crippen molar-refractivity contribution in [3.8, 4) is 0 Å². The van der Waals surface area contributed by atoms with E-state index in [4.69, 9.17) is 0 Å². The van der Waals surface area contributed by atoms with Crippen molar-refractivity contribution in [2.75, 3.05) is 39.8 Å². The number of rotatable bonds is 8. The van der Waals surface area contributed by atoms with E-state index in [9.17, 15) is 9.59 Å². The first-order valence-electron chi connectivity index (χ1n) is 5.18. The molecule has 0 heterocycles. The highest BCUT2D eigenvalue weighted by Gasteiger charge is 2.20. The van der Waals surface area contributed by atoms with Crippen molar-refractivity contribution in [3.63, 3.8) is 0 Å². The minimum atomic E-state index is -0.361. The van der Waals surface area contributed by atoms with Gasteiger partial charge < -0.3 is 20.1 Å². The van der Waals surface area contributed by atoms with Crippen molar-refractivity contribution in [3.05, 3.63) is 0 Å². The van der Waals surface area contributed by atoms with Crippen LogP contribution >= 0.6 is 11.8 Å². The maximum absolute atomic E-state index is 11.3. The van der Waals surface area contributed by atoms with Gasteiger partial charge in [0.25, 0.3) is 0 Å². The van der Waals surface area contributed by atoms with E-state index in [2.05, 4.69) is 20.1 Å². The van der Waals surface area contributed by atoms with E-state index in [1.54, 1.807) is 14.1 Å². The SMILES string of the molecule is CNC(CSCC(NC)C(=O)OC)C(=O)OC. The van der Waals surface area contributed by atoms with Gasteiger partial charge in [-0.3, -0.25) is 9.59 Å². The number of carbonyl (C=O) groups is 2. The number of thioether (sulfide) groups is 1. The first-order valence-corrected chi connectivity index (χ1v) is 6.34. The molecule has 0 aliphatic rings. The monoisotopic (exact) mass is 264 g/mol. The third-order valence-electron chi connectivity index (χ3n) is 2.24. The fraction of sp³-hybridized carbons (Fsp3) is 0.800. The summed E-state index contributed by atoms with van der Waals surface area (Å²) in [7, 11) is 6.08. The maximum atomic E-state index is 11.3. The molecule has 2 N–H and O–H groups in total. The van der Waals surface area contributed by atoms with Crippen LogP contribution in [-0.2, 0) is 19.1 Å². The summed E-state index contributed by atoms with van der Waals surface area (Å²) in [5.74, 6) is 0.467. The van der Waals surface area contributed by atoms with Gasteiger partial charge in [0, 0.05) is 11.5 Å². The Morgan fingerprint density at radius 2 is 1.35 bits per heavy atom. The first kappa shape index (κ1) is 16.2. The van der Waals surface area contributed by atoms with Gasteiger partial charge in [-0.15, -0.1) is 0 Å². The largest absolute Gasteiger partial charge is 0.468 e. The molecule has 0 radical (unpaired) electrons. The van der Waals surface area contributed by atoms with Gasteiger partial charge in [-0.1, -0.05) is 0 Å². The third-order valence-corrected chi connectivity index (χ3v) is 3.38. The summed E-state index contributed by atoms with van der Waals surface area (Å²) in [5, 5.41) is 5.71. The molecule has 0 spiro atoms. The van der Waals surface area contributed by atoms with Crippen molar-refractivity contribution >= 4 is 23.7 Å². The predicted octanol–water partition coefficient (Wildman–Crippen LogP) is -0.758. The number of esters is 2. The highest BCUT2D eigenvalue weighted by molar-refractivity contribution is 7.99. The van der Waals surface area contributed by atoms with Gasteiger partial charge in [0.2, 0.25) is 0 Å². The highest BCUT2D eigenvalue weighted by Crippen LogP contribution is 2.07. The minimum Gasteiger partial charge on any atom is -0.468 e. The van der Waals surface area contributed by atoms with Crippen LogP contribution in [0.1, 0.15) is 0 Å². The van der Waals surface area contributed by atoms with E-state index in [0.717, 1.165) is 0 Å². The number of nitrogens with one attached hydrogen (secondary N) is 2. The molecule has 100 valence electrons. The average molecular weight is 264 g/mol. The van der Waals surface area contributed by atoms with Gasteiger partial charge in [0.15, 0.2) is 0 Å². The summed E-state index contributed by atoms with van der Waals surface area (Å²) < 4.78 is 9.27. The zero-order valence-electron chi connectivity index (χ0n) is 10.6. The zero-order valence-corrected chi connectivity index (χ0v) is 11.4. The smallest absolute Gasteiger partial charge is 0.323 e. The topological polar surface area (TPSA) is 76.7 Å². The third kappa shape index (κ3) is 5.90. The van der Waals surface area contributed by atoms with Gasteiger partial charge in [-0.05, 0) is 14.1 Å². The molecule has 6 nitrogen and oxygen atoms in total. The second-order valence-electron chi connectivity index (χ2n) is 3.27. The van der Waals surface area contributed by atoms with Crippen LogP contribution < -0.4 is 10.6 Å². The average Bonchev–Trinajstić information content (AvgIpc) is 2.37. The van der Waals surface area contributed by atoms with Gasteiger partial charge in [-0.25, -0.2) is 0 Å². The molecule has 17 heavy (non-hydrogen) atoms. The lowest BCUT2D eigenvalue weighted by Crippen LogP contribution is -2.40. The molecule has 0 rings (SSSR count). The van der Waals surface area contributed by atoms with Gasteiger partial charge in [-0.2, -0.15) is 11.8 Å². The van der Waals surface area contributed by atoms with Crippen LogP contribution in [0.2, 0.25) is 0 Å². The Morgan fingerprint density at radius 3 is 1.59 bits per heavy atom. The van der Waals surface area contributed by atoms with Crippen molar-refractivity contribution < 1.29 is 19.1 Å². The minimum absolute atomic E-state index is 0.306. The maximum Gasteiger partial charge on any atom is 0.323 e. The number of carbonyl (C=O) groups excluding carboxylic acids is 2. The molecule has 0 amide bonds. The van der Waals surface area contributed by atoms with Crippen LogP contribution in [-0.4, -0.2) is 63.8 Å². The lowest BCUT2D eigenvalue weighted by molar-refractivity contribution is -0.143. The molecule has 0 fully saturated rings. The van der Waals surface area contributed by atoms with Crippen LogP contribution in [0.15, 0.2) is 0 Å². The summed E-state index contributed by atoms with van der Waals surface area (Å²) in [5.41, 5.74) is 0. The van der Waals surface area contributed by atoms with Crippen molar-refractivity contribution in [2.45, 2.75) is 12.1 Å². The van der Waals surface area contributed by atoms with E-state index < -0.39 is 0 Å². The van der Waals surface area contributed by atoms with Gasteiger partial charge in [0.1, 0.15) is 12.1 Å². The van der Waals surface area contributed by atoms with Crippen LogP contribution in [0.5, 0.6) is 0 Å². The number of methoxy groups -OCH3 is 2. The second-order valence-corrected chi connectivity index (χ2v) is 4.34. The molecule has 0 aromatic carbocycles. The Labute approximate surface area is 106 Å². The molecule has 0 aliphatic heterocycles. The fourth-order valence-electron chi connectivity index (χ4n) is 1.13. The van der Waals surface area contributed by atoms with E-state index in [-0.39, 0.29) is 24.0 Å². The van der Waals surface area contributed by atoms with Crippen molar-refractivity contribution in [1.29, 1.82) is 0 Å². The van der Waals surface area contributed by atoms with Crippen LogP contribution in [0.3, 0.4) is 0 Å². The van der Waals surface area contributed by atoms with E-state index >= 15 is 0 Å². The lowest BCUT2D eigenvalue weighted by Gasteiger charge is -2.16. The normalized spacial score (nSPS) is 13.9. The quantitative estimate of drug-likeness (QED) is 0.558. The standard InChI is InChI=1S/C10H20N2O4S/c1-11-7(9(13)15-3)5-17-6-8(12-2)10(14)16-4/h7-8,11-12H,5-6H2,1-4H3. The van der Waals surface area contributed by atoms with Gasteiger partial charge in [0.05, 0.1) is 14.2 Å². The molecule has 0 aliphatic carbocycles. The van der Waals surface area contributed by atoms with Crippen LogP contribution in [0, 0.1) is 0 Å². The molecule has 0 aromatic rings. The molecule has 2 atom stereocenters. The fourth-order valence-corrected chi connectivity index (χ4v) is 2.34. The molecule has 0 aromatic heterocycles. The summed E-state index contributed by atoms with van der Waals surface area (Å²) >= 11 is 1.48. The van der Waals surface area contributed by atoms with E-state index in [0.29, 0.717) is 11.5 Å². The Morgan fingerprint density at radius 1 is 1.00 bits per heavy atom. The summed E-state index contributed by atoms with van der Waals surface area (Å²) in [6, 6.07) is -0.722. The Hall–Kier alpha value is -0.790. The van der Waals surface area contributed by atoms with Gasteiger partial charge >= 0.3 is 11.9 Å². The lowest BCUT2D eigenvalue weighted by atomic mass is 10.3. The summed E-state index contributed by atoms with van der Waals surface area (Å²) in [6.07, 6.45) is 0. The Balaban J connectivity index is 4.02. The molecule has 7 heteroatoms. The molecular weight excluding hydrogens is 244 g/mol. The summed E-state index contributed by atoms with van der Waals surface area (Å²) in [6.45, 7) is 0. The predicted molar refractivity (Wildman–Crippen MR) is 67.1 cm³/mol. The van der Waals surface area contributed by atoms with Crippen molar-refractivity contribution in [1.82, 2.24) is 10.6 Å². The first-order chi connectivity index (χ1) is 8.10. The summed E-state index contributed by atoms with van der Waals surface area (Å²) in [4.78, 5) is 22.5. The molecule has 0 bridgehead atoms. The Kier molecular flexibility index (Phi) is 8.83. The van der Waals surface area contributed by atoms with E-state index in [1.165, 1.54) is 26.0 Å². The highest BCUT2D eigenvalue weighted by atomic mass is 32.2. The number of hydrogen-bond donors (Lipinski definition) is 2. The molecular formula is C10H20N2O4S. The molecule has 0 saturated carbocycles. The van der Waals surface area contributed by atoms with Crippen LogP contribution in [0.4, 0.5) is 0 Å². The Bertz CT molecular complexity index is 226. The molecule has 0 saturated heterocycles. The number of ether oxygens (including phenoxy) is 2. The molecule has 2 unspecified atom stereocenters. The number of hydrogen-bond acceptors (Lipinski definition) is 7. The zero-order chi connectivity index (χ0) is 13.3. The van der Waals surface area contributed by atoms with Crippen LogP contribution in [0.25, 0.3) is 0 Å². The van der Waals surface area contributed by atoms with E-state index in [1.807, 2.05) is 0 Å². The second kappa shape index (κ2) is 9.26. The van der Waals surface area contributed by atoms with Crippen molar-refractivity contribution in [2.24, 2.45) is 0 Å².